The van der Waals surface area contributed by atoms with Crippen LogP contribution in [0.25, 0.3) is 0 Å². The Morgan fingerprint density at radius 2 is 1.86 bits per heavy atom. The number of ether oxygens (including phenoxy) is 2. The van der Waals surface area contributed by atoms with Crippen molar-refractivity contribution in [3.8, 4) is 5.75 Å². The smallest absolute Gasteiger partial charge is 0.339 e. The SMILES string of the molecule is CC(=O)N1CCC(Oc2ccc3c(c2)C(=O)O[C@]32CC[C@H](C(=O)N(C)CCN3CCCCC3)CC2)C1. The zero-order valence-corrected chi connectivity index (χ0v) is 21.7. The number of likely N-dealkylation sites (N-methyl/N-ethyl adjacent to an activating group) is 1. The topological polar surface area (TPSA) is 79.4 Å². The van der Waals surface area contributed by atoms with Crippen LogP contribution in [0, 0.1) is 5.92 Å². The number of hydrogen-bond donors (Lipinski definition) is 0. The summed E-state index contributed by atoms with van der Waals surface area (Å²) in [5.74, 6) is 0.584. The number of amides is 2. The van der Waals surface area contributed by atoms with Crippen LogP contribution in [0.1, 0.15) is 74.2 Å². The molecule has 8 nitrogen and oxygen atoms in total. The third-order valence-electron chi connectivity index (χ3n) is 8.60. The van der Waals surface area contributed by atoms with Gasteiger partial charge in [0.05, 0.1) is 12.1 Å². The van der Waals surface area contributed by atoms with Gasteiger partial charge in [-0.05, 0) is 63.7 Å². The van der Waals surface area contributed by atoms with E-state index in [2.05, 4.69) is 4.90 Å². The molecule has 0 bridgehead atoms. The summed E-state index contributed by atoms with van der Waals surface area (Å²) in [4.78, 5) is 43.7. The molecule has 0 aromatic heterocycles. The summed E-state index contributed by atoms with van der Waals surface area (Å²) in [6, 6.07) is 5.65. The van der Waals surface area contributed by atoms with Gasteiger partial charge in [-0.15, -0.1) is 0 Å². The number of fused-ring (bicyclic) bond motifs is 2. The van der Waals surface area contributed by atoms with E-state index in [9.17, 15) is 14.4 Å². The molecule has 3 heterocycles. The second-order valence-corrected chi connectivity index (χ2v) is 11.0. The molecule has 2 amide bonds. The van der Waals surface area contributed by atoms with Crippen LogP contribution < -0.4 is 4.74 Å². The molecule has 1 atom stereocenters. The maximum atomic E-state index is 13.1. The lowest BCUT2D eigenvalue weighted by Crippen LogP contribution is -2.43. The Hall–Kier alpha value is -2.61. The molecule has 3 fully saturated rings. The second-order valence-electron chi connectivity index (χ2n) is 11.0. The summed E-state index contributed by atoms with van der Waals surface area (Å²) in [6.07, 6.45) is 7.33. The number of carbonyl (C=O) groups excluding carboxylic acids is 3. The minimum atomic E-state index is -0.632. The lowest BCUT2D eigenvalue weighted by Gasteiger charge is -2.37. The summed E-state index contributed by atoms with van der Waals surface area (Å²) in [5.41, 5.74) is 0.853. The Kier molecular flexibility index (Phi) is 7.24. The molecule has 0 radical (unpaired) electrons. The summed E-state index contributed by atoms with van der Waals surface area (Å²) in [6.45, 7) is 6.84. The number of hydrogen-bond acceptors (Lipinski definition) is 6. The molecule has 0 N–H and O–H groups in total. The number of piperidine rings is 1. The van der Waals surface area contributed by atoms with Crippen LogP contribution in [0.3, 0.4) is 0 Å². The van der Waals surface area contributed by atoms with E-state index in [4.69, 9.17) is 9.47 Å². The fourth-order valence-corrected chi connectivity index (χ4v) is 6.35. The summed E-state index contributed by atoms with van der Waals surface area (Å²) < 4.78 is 12.1. The van der Waals surface area contributed by atoms with Crippen molar-refractivity contribution < 1.29 is 23.9 Å². The highest BCUT2D eigenvalue weighted by Crippen LogP contribution is 2.49. The van der Waals surface area contributed by atoms with E-state index in [1.165, 1.54) is 19.3 Å². The third kappa shape index (κ3) is 5.10. The van der Waals surface area contributed by atoms with Gasteiger partial charge in [-0.25, -0.2) is 4.79 Å². The third-order valence-corrected chi connectivity index (χ3v) is 8.60. The molecule has 1 saturated carbocycles. The van der Waals surface area contributed by atoms with Crippen molar-refractivity contribution in [2.45, 2.75) is 70.0 Å². The van der Waals surface area contributed by atoms with E-state index in [-0.39, 0.29) is 29.8 Å². The first kappa shape index (κ1) is 25.1. The average Bonchev–Trinajstić information content (AvgIpc) is 3.46. The van der Waals surface area contributed by atoms with Gasteiger partial charge in [-0.3, -0.25) is 9.59 Å². The number of likely N-dealkylation sites (tertiary alicyclic amines) is 2. The highest BCUT2D eigenvalue weighted by atomic mass is 16.6. The molecule has 4 aliphatic rings. The maximum Gasteiger partial charge on any atom is 0.339 e. The highest BCUT2D eigenvalue weighted by molar-refractivity contribution is 5.95. The quantitative estimate of drug-likeness (QED) is 0.562. The largest absolute Gasteiger partial charge is 0.488 e. The molecule has 196 valence electrons. The maximum absolute atomic E-state index is 13.1. The standard InChI is InChI=1S/C28H39N3O5/c1-20(32)31-15-10-23(19-31)35-22-6-7-25-24(18-22)27(34)36-28(25)11-8-21(9-12-28)26(33)29(2)16-17-30-13-4-3-5-14-30/h6-7,18,21,23H,3-5,8-17,19H2,1-2H3/t21-,23?,28-. The second kappa shape index (κ2) is 10.4. The lowest BCUT2D eigenvalue weighted by molar-refractivity contribution is -0.137. The van der Waals surface area contributed by atoms with Crippen molar-refractivity contribution in [3.63, 3.8) is 0 Å². The first-order chi connectivity index (χ1) is 17.3. The van der Waals surface area contributed by atoms with Crippen molar-refractivity contribution >= 4 is 17.8 Å². The van der Waals surface area contributed by atoms with Crippen molar-refractivity contribution in [1.29, 1.82) is 0 Å². The number of rotatable bonds is 6. The van der Waals surface area contributed by atoms with E-state index in [0.29, 0.717) is 37.2 Å². The molecule has 1 aromatic rings. The molecule has 1 aliphatic carbocycles. The fraction of sp³-hybridized carbons (Fsp3) is 0.679. The van der Waals surface area contributed by atoms with Crippen molar-refractivity contribution in [2.24, 2.45) is 5.92 Å². The normalized spacial score (nSPS) is 28.2. The van der Waals surface area contributed by atoms with Gasteiger partial charge >= 0.3 is 5.97 Å². The van der Waals surface area contributed by atoms with Gasteiger partial charge < -0.3 is 24.2 Å². The molecule has 8 heteroatoms. The van der Waals surface area contributed by atoms with E-state index >= 15 is 0 Å². The molecule has 1 unspecified atom stereocenters. The Morgan fingerprint density at radius 3 is 2.56 bits per heavy atom. The molecule has 3 aliphatic heterocycles. The van der Waals surface area contributed by atoms with Gasteiger partial charge in [0.25, 0.3) is 0 Å². The highest BCUT2D eigenvalue weighted by Gasteiger charge is 2.49. The molecule has 36 heavy (non-hydrogen) atoms. The van der Waals surface area contributed by atoms with Crippen LogP contribution in [-0.4, -0.2) is 84.9 Å². The number of nitrogens with zero attached hydrogens (tertiary/aromatic N) is 3. The van der Waals surface area contributed by atoms with Crippen LogP contribution in [0.2, 0.25) is 0 Å². The van der Waals surface area contributed by atoms with E-state index in [1.807, 2.05) is 24.1 Å². The molecule has 5 rings (SSSR count). The van der Waals surface area contributed by atoms with Crippen LogP contribution in [-0.2, 0) is 19.9 Å². The fourth-order valence-electron chi connectivity index (χ4n) is 6.35. The van der Waals surface area contributed by atoms with Crippen LogP contribution >= 0.6 is 0 Å². The molecule has 2 saturated heterocycles. The van der Waals surface area contributed by atoms with Gasteiger partial charge in [0.1, 0.15) is 17.5 Å². The number of benzene rings is 1. The molecule has 1 spiro atoms. The summed E-state index contributed by atoms with van der Waals surface area (Å²) in [7, 11) is 1.92. The Bertz CT molecular complexity index is 997. The van der Waals surface area contributed by atoms with Crippen LogP contribution in [0.15, 0.2) is 18.2 Å². The minimum absolute atomic E-state index is 0.0149. The van der Waals surface area contributed by atoms with Gasteiger partial charge in [0, 0.05) is 51.5 Å². The number of esters is 1. The number of carbonyl (C=O) groups is 3. The predicted octanol–water partition coefficient (Wildman–Crippen LogP) is 3.19. The van der Waals surface area contributed by atoms with Crippen molar-refractivity contribution in [3.05, 3.63) is 29.3 Å². The van der Waals surface area contributed by atoms with E-state index in [0.717, 1.165) is 51.0 Å². The average molecular weight is 498 g/mol. The summed E-state index contributed by atoms with van der Waals surface area (Å²) in [5, 5.41) is 0. The Morgan fingerprint density at radius 1 is 1.11 bits per heavy atom. The van der Waals surface area contributed by atoms with Crippen LogP contribution in [0.5, 0.6) is 5.75 Å². The molecular formula is C28H39N3O5. The van der Waals surface area contributed by atoms with Gasteiger partial charge in [0.2, 0.25) is 11.8 Å². The Labute approximate surface area is 213 Å². The zero-order chi connectivity index (χ0) is 25.3. The van der Waals surface area contributed by atoms with E-state index in [1.54, 1.807) is 17.9 Å². The summed E-state index contributed by atoms with van der Waals surface area (Å²) >= 11 is 0. The minimum Gasteiger partial charge on any atom is -0.488 e. The Balaban J connectivity index is 1.17. The van der Waals surface area contributed by atoms with Crippen molar-refractivity contribution in [1.82, 2.24) is 14.7 Å². The first-order valence-corrected chi connectivity index (χ1v) is 13.6. The lowest BCUT2D eigenvalue weighted by atomic mass is 9.74. The first-order valence-electron chi connectivity index (χ1n) is 13.6. The zero-order valence-electron chi connectivity index (χ0n) is 21.7. The monoisotopic (exact) mass is 497 g/mol. The molecule has 1 aromatic carbocycles. The van der Waals surface area contributed by atoms with Crippen LogP contribution in [0.4, 0.5) is 0 Å². The van der Waals surface area contributed by atoms with Gasteiger partial charge in [0.15, 0.2) is 0 Å². The molecular weight excluding hydrogens is 458 g/mol. The van der Waals surface area contributed by atoms with Gasteiger partial charge in [-0.1, -0.05) is 12.5 Å². The van der Waals surface area contributed by atoms with Gasteiger partial charge in [-0.2, -0.15) is 0 Å². The van der Waals surface area contributed by atoms with Crippen molar-refractivity contribution in [2.75, 3.05) is 46.3 Å². The predicted molar refractivity (Wildman–Crippen MR) is 135 cm³/mol. The van der Waals surface area contributed by atoms with E-state index < -0.39 is 5.60 Å².